The third-order valence-corrected chi connectivity index (χ3v) is 5.43. The zero-order valence-corrected chi connectivity index (χ0v) is 17.1. The first-order valence-corrected chi connectivity index (χ1v) is 10.3. The van der Waals surface area contributed by atoms with Crippen molar-refractivity contribution >= 4 is 15.7 Å². The van der Waals surface area contributed by atoms with Crippen LogP contribution in [0.5, 0.6) is 17.4 Å². The van der Waals surface area contributed by atoms with Crippen LogP contribution in [0.25, 0.3) is 11.3 Å². The molecule has 0 bridgehead atoms. The molecule has 1 N–H and O–H groups in total. The van der Waals surface area contributed by atoms with Crippen LogP contribution in [0.4, 0.5) is 5.69 Å². The molecule has 0 aliphatic rings. The molecule has 0 saturated heterocycles. The molecule has 2 aromatic carbocycles. The Bertz CT molecular complexity index is 1070. The average molecular weight is 415 g/mol. The predicted molar refractivity (Wildman–Crippen MR) is 109 cm³/mol. The Hall–Kier alpha value is -3.33. The molecular weight excluding hydrogens is 394 g/mol. The van der Waals surface area contributed by atoms with Crippen LogP contribution in [0.3, 0.4) is 0 Å². The van der Waals surface area contributed by atoms with Gasteiger partial charge in [-0.25, -0.2) is 8.42 Å². The average Bonchev–Trinajstić information content (AvgIpc) is 2.74. The van der Waals surface area contributed by atoms with Gasteiger partial charge in [0.25, 0.3) is 10.0 Å². The van der Waals surface area contributed by atoms with Gasteiger partial charge < -0.3 is 14.2 Å². The number of hydrogen-bond donors (Lipinski definition) is 1. The minimum atomic E-state index is -3.88. The van der Waals surface area contributed by atoms with Gasteiger partial charge >= 0.3 is 0 Å². The first-order chi connectivity index (χ1) is 14.0. The van der Waals surface area contributed by atoms with Crippen molar-refractivity contribution in [2.24, 2.45) is 0 Å². The maximum Gasteiger partial charge on any atom is 0.265 e. The van der Waals surface area contributed by atoms with Crippen LogP contribution in [0.15, 0.2) is 59.5 Å². The summed E-state index contributed by atoms with van der Waals surface area (Å²) in [6, 6.07) is 14.9. The third-order valence-electron chi connectivity index (χ3n) is 4.03. The molecule has 152 valence electrons. The number of nitrogens with one attached hydrogen (secondary N) is 1. The van der Waals surface area contributed by atoms with E-state index >= 15 is 0 Å². The van der Waals surface area contributed by atoms with Crippen LogP contribution in [-0.4, -0.2) is 39.4 Å². The van der Waals surface area contributed by atoms with E-state index in [9.17, 15) is 8.42 Å². The van der Waals surface area contributed by atoms with E-state index in [0.29, 0.717) is 29.6 Å². The summed E-state index contributed by atoms with van der Waals surface area (Å²) in [7, 11) is -1.00. The summed E-state index contributed by atoms with van der Waals surface area (Å²) in [6.07, 6.45) is 0. The van der Waals surface area contributed by atoms with Crippen LogP contribution in [-0.2, 0) is 10.0 Å². The van der Waals surface area contributed by atoms with Gasteiger partial charge in [-0.2, -0.15) is 0 Å². The largest absolute Gasteiger partial charge is 0.497 e. The summed E-state index contributed by atoms with van der Waals surface area (Å²) in [5, 5.41) is 8.11. The molecule has 1 aromatic heterocycles. The summed E-state index contributed by atoms with van der Waals surface area (Å²) < 4.78 is 43.8. The Morgan fingerprint density at radius 3 is 2.28 bits per heavy atom. The molecule has 0 amide bonds. The van der Waals surface area contributed by atoms with E-state index in [1.54, 1.807) is 48.5 Å². The van der Waals surface area contributed by atoms with Gasteiger partial charge in [0.1, 0.15) is 16.4 Å². The molecule has 0 unspecified atom stereocenters. The molecule has 0 aliphatic carbocycles. The molecule has 0 atom stereocenters. The van der Waals surface area contributed by atoms with E-state index in [0.717, 1.165) is 5.56 Å². The molecule has 0 spiro atoms. The summed E-state index contributed by atoms with van der Waals surface area (Å²) in [4.78, 5) is -0.0131. The van der Waals surface area contributed by atoms with Gasteiger partial charge in [-0.15, -0.1) is 10.2 Å². The second kappa shape index (κ2) is 8.78. The van der Waals surface area contributed by atoms with Gasteiger partial charge in [0, 0.05) is 23.4 Å². The van der Waals surface area contributed by atoms with Crippen molar-refractivity contribution in [3.8, 4) is 28.6 Å². The molecule has 0 aliphatic heterocycles. The molecule has 8 nitrogen and oxygen atoms in total. The number of benzene rings is 2. The standard InChI is InChI=1S/C20H21N3O5S/c1-4-28-20-12-10-17(21-22-20)14-5-7-15(8-6-14)23-29(24,25)19-13-16(26-2)9-11-18(19)27-3/h5-13,23H,4H2,1-3H3. The molecule has 0 saturated carbocycles. The number of nitrogens with zero attached hydrogens (tertiary/aromatic N) is 2. The van der Waals surface area contributed by atoms with Crippen molar-refractivity contribution in [3.63, 3.8) is 0 Å². The number of methoxy groups -OCH3 is 2. The Labute approximate surface area is 169 Å². The molecule has 3 aromatic rings. The first kappa shape index (κ1) is 20.4. The van der Waals surface area contributed by atoms with Gasteiger partial charge in [-0.3, -0.25) is 4.72 Å². The van der Waals surface area contributed by atoms with Crippen molar-refractivity contribution in [1.82, 2.24) is 10.2 Å². The van der Waals surface area contributed by atoms with Crippen molar-refractivity contribution < 1.29 is 22.6 Å². The Balaban J connectivity index is 1.82. The van der Waals surface area contributed by atoms with Crippen LogP contribution in [0, 0.1) is 0 Å². The summed E-state index contributed by atoms with van der Waals surface area (Å²) in [5.41, 5.74) is 1.84. The second-order valence-electron chi connectivity index (χ2n) is 5.89. The first-order valence-electron chi connectivity index (χ1n) is 8.78. The maximum atomic E-state index is 12.8. The Morgan fingerprint density at radius 1 is 0.931 bits per heavy atom. The van der Waals surface area contributed by atoms with E-state index in [1.807, 2.05) is 6.92 Å². The lowest BCUT2D eigenvalue weighted by Crippen LogP contribution is -2.14. The van der Waals surface area contributed by atoms with Gasteiger partial charge in [-0.1, -0.05) is 12.1 Å². The number of rotatable bonds is 8. The zero-order chi connectivity index (χ0) is 20.9. The highest BCUT2D eigenvalue weighted by atomic mass is 32.2. The molecule has 29 heavy (non-hydrogen) atoms. The lowest BCUT2D eigenvalue weighted by atomic mass is 10.1. The fourth-order valence-electron chi connectivity index (χ4n) is 2.61. The van der Waals surface area contributed by atoms with Gasteiger partial charge in [0.05, 0.1) is 26.5 Å². The molecule has 0 fully saturated rings. The van der Waals surface area contributed by atoms with Crippen molar-refractivity contribution in [3.05, 3.63) is 54.6 Å². The highest BCUT2D eigenvalue weighted by molar-refractivity contribution is 7.92. The van der Waals surface area contributed by atoms with Crippen molar-refractivity contribution in [2.45, 2.75) is 11.8 Å². The molecule has 0 radical (unpaired) electrons. The number of sulfonamides is 1. The van der Waals surface area contributed by atoms with Gasteiger partial charge in [0.2, 0.25) is 5.88 Å². The minimum absolute atomic E-state index is 0.0131. The highest BCUT2D eigenvalue weighted by Crippen LogP contribution is 2.30. The third kappa shape index (κ3) is 4.75. The van der Waals surface area contributed by atoms with Crippen molar-refractivity contribution in [1.29, 1.82) is 0 Å². The lowest BCUT2D eigenvalue weighted by molar-refractivity contribution is 0.323. The van der Waals surface area contributed by atoms with Gasteiger partial charge in [0.15, 0.2) is 0 Å². The minimum Gasteiger partial charge on any atom is -0.497 e. The topological polar surface area (TPSA) is 99.6 Å². The smallest absolute Gasteiger partial charge is 0.265 e. The fraction of sp³-hybridized carbons (Fsp3) is 0.200. The van der Waals surface area contributed by atoms with E-state index in [2.05, 4.69) is 14.9 Å². The molecule has 9 heteroatoms. The van der Waals surface area contributed by atoms with Crippen LogP contribution in [0.1, 0.15) is 6.92 Å². The predicted octanol–water partition coefficient (Wildman–Crippen LogP) is 3.36. The second-order valence-corrected chi connectivity index (χ2v) is 7.54. The number of anilines is 1. The maximum absolute atomic E-state index is 12.8. The molecular formula is C20H21N3O5S. The molecule has 3 rings (SSSR count). The Morgan fingerprint density at radius 2 is 1.69 bits per heavy atom. The Kier molecular flexibility index (Phi) is 6.18. The number of hydrogen-bond acceptors (Lipinski definition) is 7. The normalized spacial score (nSPS) is 11.0. The van der Waals surface area contributed by atoms with E-state index < -0.39 is 10.0 Å². The number of aromatic nitrogens is 2. The fourth-order valence-corrected chi connectivity index (χ4v) is 3.86. The molecule has 1 heterocycles. The SMILES string of the molecule is CCOc1ccc(-c2ccc(NS(=O)(=O)c3cc(OC)ccc3OC)cc2)nn1. The monoisotopic (exact) mass is 415 g/mol. The lowest BCUT2D eigenvalue weighted by Gasteiger charge is -2.13. The van der Waals surface area contributed by atoms with Crippen LogP contribution >= 0.6 is 0 Å². The quantitative estimate of drug-likeness (QED) is 0.602. The van der Waals surface area contributed by atoms with Gasteiger partial charge in [-0.05, 0) is 37.3 Å². The summed E-state index contributed by atoms with van der Waals surface area (Å²) >= 11 is 0. The highest BCUT2D eigenvalue weighted by Gasteiger charge is 2.21. The van der Waals surface area contributed by atoms with Crippen LogP contribution in [0.2, 0.25) is 0 Å². The summed E-state index contributed by atoms with van der Waals surface area (Å²) in [6.45, 7) is 2.39. The van der Waals surface area contributed by atoms with E-state index in [-0.39, 0.29) is 10.6 Å². The zero-order valence-electron chi connectivity index (χ0n) is 16.2. The van der Waals surface area contributed by atoms with Crippen molar-refractivity contribution in [2.75, 3.05) is 25.5 Å². The number of ether oxygens (including phenoxy) is 3. The van der Waals surface area contributed by atoms with Crippen LogP contribution < -0.4 is 18.9 Å². The summed E-state index contributed by atoms with van der Waals surface area (Å²) in [5.74, 6) is 1.09. The van der Waals surface area contributed by atoms with E-state index in [4.69, 9.17) is 14.2 Å². The van der Waals surface area contributed by atoms with E-state index in [1.165, 1.54) is 20.3 Å².